The van der Waals surface area contributed by atoms with Crippen molar-refractivity contribution in [3.05, 3.63) is 241 Å². The Hall–Kier alpha value is -8.34. The van der Waals surface area contributed by atoms with Gasteiger partial charge >= 0.3 is 0 Å². The minimum absolute atomic E-state index is 0.578. The molecule has 1 spiro atoms. The molecular weight excluding hydrogens is 765 g/mol. The lowest BCUT2D eigenvalue weighted by molar-refractivity contribution is 0.801. The molecule has 1 unspecified atom stereocenters. The first-order valence-electron chi connectivity index (χ1n) is 21.5. The molecule has 0 radical (unpaired) electrons. The number of hydrogen-bond donors (Lipinski definition) is 0. The van der Waals surface area contributed by atoms with Crippen LogP contribution in [0.2, 0.25) is 0 Å². The van der Waals surface area contributed by atoms with E-state index in [2.05, 4.69) is 200 Å². The van der Waals surface area contributed by atoms with Crippen molar-refractivity contribution in [2.75, 3.05) is 0 Å². The van der Waals surface area contributed by atoms with Gasteiger partial charge in [0.15, 0.2) is 17.5 Å². The SMILES string of the molecule is c1ccc(-c2nc(-c3cccc(-c4cccc5c4-c4ccccc4C54c5ccccc5-c5c(-c6ccccc6)nc6ccccc6c54)c3)nc(-c3ccc4ccccc4c3)n2)cc1. The second-order valence-electron chi connectivity index (χ2n) is 16.5. The summed E-state index contributed by atoms with van der Waals surface area (Å²) in [6, 6.07) is 78.0. The largest absolute Gasteiger partial charge is 0.247 e. The molecule has 0 bridgehead atoms. The van der Waals surface area contributed by atoms with Crippen LogP contribution in [-0.4, -0.2) is 19.9 Å². The first-order chi connectivity index (χ1) is 31.2. The molecule has 0 saturated carbocycles. The number of rotatable bonds is 5. The van der Waals surface area contributed by atoms with Crippen LogP contribution >= 0.6 is 0 Å². The molecule has 1 atom stereocenters. The van der Waals surface area contributed by atoms with Crippen LogP contribution in [0.15, 0.2) is 218 Å². The van der Waals surface area contributed by atoms with E-state index in [1.165, 1.54) is 60.8 Å². The molecule has 0 aliphatic heterocycles. The van der Waals surface area contributed by atoms with Crippen LogP contribution in [0.3, 0.4) is 0 Å². The van der Waals surface area contributed by atoms with Crippen molar-refractivity contribution in [3.63, 3.8) is 0 Å². The average Bonchev–Trinajstić information content (AvgIpc) is 3.84. The first kappa shape index (κ1) is 35.4. The van der Waals surface area contributed by atoms with E-state index in [0.29, 0.717) is 17.5 Å². The van der Waals surface area contributed by atoms with Crippen LogP contribution in [0.5, 0.6) is 0 Å². The summed E-state index contributed by atoms with van der Waals surface area (Å²) in [5.41, 5.74) is 17.7. The van der Waals surface area contributed by atoms with Gasteiger partial charge in [-0.1, -0.05) is 200 Å². The summed E-state index contributed by atoms with van der Waals surface area (Å²) in [4.78, 5) is 20.8. The van der Waals surface area contributed by atoms with Crippen molar-refractivity contribution in [2.24, 2.45) is 0 Å². The summed E-state index contributed by atoms with van der Waals surface area (Å²) in [6.07, 6.45) is 0. The van der Waals surface area contributed by atoms with E-state index in [-0.39, 0.29) is 0 Å². The molecule has 0 saturated heterocycles. The number of benzene rings is 9. The number of fused-ring (bicyclic) bond motifs is 13. The summed E-state index contributed by atoms with van der Waals surface area (Å²) < 4.78 is 0. The zero-order valence-electron chi connectivity index (χ0n) is 34.1. The van der Waals surface area contributed by atoms with E-state index in [0.717, 1.165) is 44.4 Å². The molecule has 11 aromatic rings. The summed E-state index contributed by atoms with van der Waals surface area (Å²) in [5.74, 6) is 1.91. The van der Waals surface area contributed by atoms with Gasteiger partial charge in [0.05, 0.1) is 16.6 Å². The Labute approximate surface area is 364 Å². The highest BCUT2D eigenvalue weighted by atomic mass is 15.0. The number of pyridine rings is 1. The van der Waals surface area contributed by atoms with E-state index in [1.807, 2.05) is 18.2 Å². The van der Waals surface area contributed by atoms with Gasteiger partial charge in [-0.05, 0) is 79.0 Å². The number of nitrogens with zero attached hydrogens (tertiary/aromatic N) is 4. The van der Waals surface area contributed by atoms with Crippen LogP contribution in [0, 0.1) is 0 Å². The van der Waals surface area contributed by atoms with Crippen molar-refractivity contribution in [3.8, 4) is 78.8 Å². The molecule has 0 fully saturated rings. The lowest BCUT2D eigenvalue weighted by atomic mass is 9.69. The fourth-order valence-electron chi connectivity index (χ4n) is 10.5. The highest BCUT2D eigenvalue weighted by molar-refractivity contribution is 6.08. The topological polar surface area (TPSA) is 51.6 Å². The van der Waals surface area contributed by atoms with E-state index >= 15 is 0 Å². The van der Waals surface area contributed by atoms with E-state index < -0.39 is 5.41 Å². The average molecular weight is 801 g/mol. The third-order valence-electron chi connectivity index (χ3n) is 13.1. The van der Waals surface area contributed by atoms with Gasteiger partial charge in [0.25, 0.3) is 0 Å². The van der Waals surface area contributed by atoms with Crippen LogP contribution in [0.4, 0.5) is 0 Å². The molecule has 63 heavy (non-hydrogen) atoms. The Morgan fingerprint density at radius 1 is 0.302 bits per heavy atom. The Morgan fingerprint density at radius 2 is 0.825 bits per heavy atom. The molecule has 292 valence electrons. The minimum atomic E-state index is -0.578. The molecule has 2 aliphatic rings. The third-order valence-corrected chi connectivity index (χ3v) is 13.1. The van der Waals surface area contributed by atoms with Crippen molar-refractivity contribution in [2.45, 2.75) is 5.41 Å². The fourth-order valence-corrected chi connectivity index (χ4v) is 10.5. The molecule has 2 heterocycles. The van der Waals surface area contributed by atoms with Crippen LogP contribution in [0.25, 0.3) is 100 Å². The Balaban J connectivity index is 1.04. The molecule has 9 aromatic carbocycles. The normalized spacial score (nSPS) is 14.4. The summed E-state index contributed by atoms with van der Waals surface area (Å²) in [6.45, 7) is 0. The van der Waals surface area contributed by atoms with Crippen LogP contribution in [-0.2, 0) is 5.41 Å². The Kier molecular flexibility index (Phi) is 7.79. The van der Waals surface area contributed by atoms with Crippen molar-refractivity contribution in [1.29, 1.82) is 0 Å². The number of aromatic nitrogens is 4. The van der Waals surface area contributed by atoms with Crippen molar-refractivity contribution >= 4 is 21.7 Å². The zero-order chi connectivity index (χ0) is 41.5. The smallest absolute Gasteiger partial charge is 0.164 e. The summed E-state index contributed by atoms with van der Waals surface area (Å²) in [7, 11) is 0. The standard InChI is InChI=1S/C59H36N4/c1-3-18-38(19-4-1)55-53-46-26-10-13-30-49(46)59(54(53)47-27-11-14-32-51(47)60-55)48-29-12-9-25-45(48)52-44(28-16-31-50(52)59)41-23-15-24-42(36-41)57-61-56(39-20-5-2-6-21-39)62-58(63-57)43-34-33-37-17-7-8-22-40(37)35-43/h1-36H. The van der Waals surface area contributed by atoms with Gasteiger partial charge in [0, 0.05) is 33.2 Å². The summed E-state index contributed by atoms with van der Waals surface area (Å²) in [5, 5.41) is 3.49. The van der Waals surface area contributed by atoms with Gasteiger partial charge in [-0.25, -0.2) is 19.9 Å². The van der Waals surface area contributed by atoms with Crippen LogP contribution in [0.1, 0.15) is 22.3 Å². The van der Waals surface area contributed by atoms with E-state index in [4.69, 9.17) is 19.9 Å². The predicted molar refractivity (Wildman–Crippen MR) is 256 cm³/mol. The van der Waals surface area contributed by atoms with Gasteiger partial charge in [-0.2, -0.15) is 0 Å². The van der Waals surface area contributed by atoms with Crippen LogP contribution < -0.4 is 0 Å². The monoisotopic (exact) mass is 800 g/mol. The third kappa shape index (κ3) is 5.28. The molecule has 2 aliphatic carbocycles. The highest BCUT2D eigenvalue weighted by Gasteiger charge is 2.53. The van der Waals surface area contributed by atoms with Gasteiger partial charge in [0.2, 0.25) is 0 Å². The first-order valence-corrected chi connectivity index (χ1v) is 21.5. The number of para-hydroxylation sites is 1. The quantitative estimate of drug-likeness (QED) is 0.174. The minimum Gasteiger partial charge on any atom is -0.247 e. The second kappa shape index (κ2) is 13.8. The Morgan fingerprint density at radius 3 is 1.59 bits per heavy atom. The summed E-state index contributed by atoms with van der Waals surface area (Å²) >= 11 is 0. The van der Waals surface area contributed by atoms with Gasteiger partial charge < -0.3 is 0 Å². The maximum Gasteiger partial charge on any atom is 0.164 e. The fraction of sp³-hybridized carbons (Fsp3) is 0.0169. The van der Waals surface area contributed by atoms with Gasteiger partial charge in [0.1, 0.15) is 0 Å². The van der Waals surface area contributed by atoms with Crippen molar-refractivity contribution < 1.29 is 0 Å². The number of hydrogen-bond acceptors (Lipinski definition) is 4. The molecule has 0 N–H and O–H groups in total. The van der Waals surface area contributed by atoms with Gasteiger partial charge in [-0.15, -0.1) is 0 Å². The maximum absolute atomic E-state index is 5.43. The highest BCUT2D eigenvalue weighted by Crippen LogP contribution is 2.66. The molecular formula is C59H36N4. The molecule has 0 amide bonds. The Bertz CT molecular complexity index is 3630. The molecule has 4 heteroatoms. The second-order valence-corrected chi connectivity index (χ2v) is 16.5. The van der Waals surface area contributed by atoms with E-state index in [1.54, 1.807) is 0 Å². The van der Waals surface area contributed by atoms with E-state index in [9.17, 15) is 0 Å². The lowest BCUT2D eigenvalue weighted by Crippen LogP contribution is -2.26. The molecule has 13 rings (SSSR count). The zero-order valence-corrected chi connectivity index (χ0v) is 34.1. The van der Waals surface area contributed by atoms with Gasteiger partial charge in [-0.3, -0.25) is 0 Å². The maximum atomic E-state index is 5.43. The lowest BCUT2D eigenvalue weighted by Gasteiger charge is -2.31. The molecule has 4 nitrogen and oxygen atoms in total. The predicted octanol–water partition coefficient (Wildman–Crippen LogP) is 14.3. The molecule has 2 aromatic heterocycles. The van der Waals surface area contributed by atoms with Crippen molar-refractivity contribution in [1.82, 2.24) is 19.9 Å².